The van der Waals surface area contributed by atoms with Crippen LogP contribution in [0, 0.1) is 0 Å². The van der Waals surface area contributed by atoms with Gasteiger partial charge in [-0.1, -0.05) is 109 Å². The van der Waals surface area contributed by atoms with Crippen molar-refractivity contribution in [2.75, 3.05) is 25.5 Å². The first kappa shape index (κ1) is 59.2. The number of ether oxygens (including phenoxy) is 2. The Labute approximate surface area is 438 Å². The van der Waals surface area contributed by atoms with Crippen molar-refractivity contribution >= 4 is 147 Å². The molecule has 360 valence electrons. The minimum absolute atomic E-state index is 0.0921. The first-order valence-electron chi connectivity index (χ1n) is 21.1. The monoisotopic (exact) mass is 1260 g/mol. The fourth-order valence-corrected chi connectivity index (χ4v) is 16.3. The van der Waals surface area contributed by atoms with Gasteiger partial charge >= 0.3 is 117 Å². The Bertz CT molecular complexity index is 1870. The second kappa shape index (κ2) is 32.0. The van der Waals surface area contributed by atoms with Crippen LogP contribution in [0.2, 0.25) is 0 Å². The van der Waals surface area contributed by atoms with Crippen LogP contribution >= 0.6 is 103 Å². The van der Waals surface area contributed by atoms with Crippen molar-refractivity contribution in [1.29, 1.82) is 0 Å². The van der Waals surface area contributed by atoms with E-state index in [9.17, 15) is 9.59 Å². The van der Waals surface area contributed by atoms with Crippen molar-refractivity contribution in [3.63, 3.8) is 0 Å². The number of halogens is 8. The molecule has 0 atom stereocenters. The van der Waals surface area contributed by atoms with Crippen molar-refractivity contribution in [3.8, 4) is 0 Å². The van der Waals surface area contributed by atoms with Crippen LogP contribution in [0.15, 0.2) is 182 Å². The molecule has 66 heavy (non-hydrogen) atoms. The van der Waals surface area contributed by atoms with Crippen LogP contribution in [-0.4, -0.2) is 37.5 Å². The van der Waals surface area contributed by atoms with Gasteiger partial charge < -0.3 is 9.47 Å². The van der Waals surface area contributed by atoms with Crippen LogP contribution in [-0.2, 0) is 35.7 Å². The van der Waals surface area contributed by atoms with E-state index in [0.717, 1.165) is 38.0 Å². The van der Waals surface area contributed by atoms with Gasteiger partial charge in [0, 0.05) is 12.8 Å². The van der Waals surface area contributed by atoms with Crippen LogP contribution in [0.25, 0.3) is 0 Å². The number of carbonyl (C=O) groups excluding carboxylic acids is 2. The zero-order valence-electron chi connectivity index (χ0n) is 36.7. The van der Waals surface area contributed by atoms with Crippen molar-refractivity contribution in [1.82, 2.24) is 0 Å². The Morgan fingerprint density at radius 2 is 0.576 bits per heavy atom. The standard InChI is InChI=1S/2C25H28O2P.2BrH.6ClH.2Mn/c2*1-2-27-25(26)20-12-13-21-28(22-14-6-3-7-15-22,23-16-8-4-9-17-23)24-18-10-5-11-19-24;;;;;;;;;;/h2*3-11,14-19H,2,12-13,20-21H2,1H3;8*1H;;/q2*+1;;;;;;;;;2*+3/p-8. The van der Waals surface area contributed by atoms with Crippen LogP contribution in [0.4, 0.5) is 0 Å². The van der Waals surface area contributed by atoms with Gasteiger partial charge in [0.15, 0.2) is 0 Å². The molecule has 6 aromatic carbocycles. The van der Waals surface area contributed by atoms with Crippen molar-refractivity contribution in [2.24, 2.45) is 0 Å². The first-order valence-corrected chi connectivity index (χ1v) is 40.6. The van der Waals surface area contributed by atoms with Gasteiger partial charge in [0.05, 0.1) is 25.5 Å². The minimum atomic E-state index is -2.40. The number of unbranched alkanes of at least 4 members (excludes halogenated alkanes) is 2. The Hall–Kier alpha value is -1.14. The molecule has 0 radical (unpaired) electrons. The first-order chi connectivity index (χ1) is 31.5. The van der Waals surface area contributed by atoms with Gasteiger partial charge in [0.25, 0.3) is 0 Å². The molecule has 0 unspecified atom stereocenters. The van der Waals surface area contributed by atoms with Crippen molar-refractivity contribution < 1.29 is 35.7 Å². The average molecular weight is 1270 g/mol. The third-order valence-electron chi connectivity index (χ3n) is 10.0. The normalized spacial score (nSPS) is 11.8. The second-order valence-corrected chi connectivity index (χ2v) is 53.7. The molecular formula is C50H56Br2Cl6Mn2O4P2. The quantitative estimate of drug-likeness (QED) is 0.0372. The van der Waals surface area contributed by atoms with Crippen LogP contribution < -0.4 is 31.8 Å². The summed E-state index contributed by atoms with van der Waals surface area (Å²) in [5.74, 6) is -0.184. The SMILES string of the molecule is CCOC(=O)CCCC[P+](c1ccccc1)(c1ccccc1)c1ccccc1.CCOC(=O)CCCC[P+](c1ccccc1)(c1ccccc1)c1ccccc1.[Cl][Mn-]([Cl])([Cl])[Br].[Cl][Mn-]([Cl])([Cl])[Br]. The third kappa shape index (κ3) is 21.9. The fraction of sp³-hybridized carbons (Fsp3) is 0.240. The predicted molar refractivity (Wildman–Crippen MR) is 294 cm³/mol. The van der Waals surface area contributed by atoms with E-state index < -0.39 is 31.1 Å². The summed E-state index contributed by atoms with van der Waals surface area (Å²) in [7, 11) is 22.4. The molecule has 0 aliphatic heterocycles. The van der Waals surface area contributed by atoms with Gasteiger partial charge in [-0.05, 0) is 112 Å². The summed E-state index contributed by atoms with van der Waals surface area (Å²) in [4.78, 5) is 23.5. The molecule has 6 aromatic rings. The molecule has 0 aromatic heterocycles. The van der Waals surface area contributed by atoms with Gasteiger partial charge in [-0.25, -0.2) is 0 Å². The molecule has 6 rings (SSSR count). The third-order valence-corrected chi connectivity index (χ3v) is 19.1. The molecular weight excluding hydrogens is 1210 g/mol. The molecule has 16 heteroatoms. The molecule has 0 spiro atoms. The summed E-state index contributed by atoms with van der Waals surface area (Å²) < 4.78 is 10.2. The molecule has 0 saturated heterocycles. The Balaban J connectivity index is 0.000000291. The van der Waals surface area contributed by atoms with Crippen LogP contribution in [0.3, 0.4) is 0 Å². The van der Waals surface area contributed by atoms with Gasteiger partial charge in [-0.2, -0.15) is 0 Å². The van der Waals surface area contributed by atoms with E-state index in [2.05, 4.69) is 210 Å². The summed E-state index contributed by atoms with van der Waals surface area (Å²) in [5, 5.41) is 8.35. The summed E-state index contributed by atoms with van der Waals surface area (Å²) in [6.07, 6.45) is 6.77. The number of rotatable bonds is 18. The Morgan fingerprint density at radius 3 is 0.742 bits per heavy atom. The fourth-order valence-electron chi connectivity index (χ4n) is 7.47. The summed E-state index contributed by atoms with van der Waals surface area (Å²) in [6.45, 7) is 4.62. The summed E-state index contributed by atoms with van der Waals surface area (Å²) >= 11 is 5.62. The van der Waals surface area contributed by atoms with E-state index in [4.69, 9.17) is 70.1 Å². The summed E-state index contributed by atoms with van der Waals surface area (Å²) in [5.41, 5.74) is 0. The van der Waals surface area contributed by atoms with E-state index >= 15 is 0 Å². The van der Waals surface area contributed by atoms with Crippen molar-refractivity contribution in [3.05, 3.63) is 182 Å². The second-order valence-electron chi connectivity index (χ2n) is 14.3. The molecule has 0 aliphatic rings. The van der Waals surface area contributed by atoms with Gasteiger partial charge in [0.1, 0.15) is 46.4 Å². The molecule has 4 nitrogen and oxygen atoms in total. The predicted octanol–water partition coefficient (Wildman–Crippen LogP) is 15.3. The van der Waals surface area contributed by atoms with Gasteiger partial charge in [-0.15, -0.1) is 0 Å². The summed E-state index contributed by atoms with van der Waals surface area (Å²) in [6, 6.07) is 65.2. The maximum absolute atomic E-state index is 11.8. The van der Waals surface area contributed by atoms with Crippen LogP contribution in [0.5, 0.6) is 0 Å². The number of carbonyl (C=O) groups is 2. The molecule has 0 aliphatic carbocycles. The molecule has 0 heterocycles. The number of hydrogen-bond donors (Lipinski definition) is 0. The van der Waals surface area contributed by atoms with E-state index in [1.165, 1.54) is 31.8 Å². The molecule has 0 amide bonds. The number of esters is 2. The van der Waals surface area contributed by atoms with Crippen molar-refractivity contribution in [2.45, 2.75) is 52.4 Å². The topological polar surface area (TPSA) is 52.6 Å². The van der Waals surface area contributed by atoms with E-state index in [1.807, 2.05) is 13.8 Å². The maximum atomic E-state index is 11.8. The average Bonchev–Trinajstić information content (AvgIpc) is 3.30. The van der Waals surface area contributed by atoms with Gasteiger partial charge in [0.2, 0.25) is 0 Å². The zero-order chi connectivity index (χ0) is 48.3. The van der Waals surface area contributed by atoms with E-state index in [-0.39, 0.29) is 11.9 Å². The van der Waals surface area contributed by atoms with Crippen LogP contribution in [0.1, 0.15) is 52.4 Å². The Kier molecular flexibility index (Phi) is 28.6. The number of benzene rings is 6. The zero-order valence-corrected chi connectivity index (χ0v) is 48.6. The number of hydrogen-bond acceptors (Lipinski definition) is 4. The molecule has 0 bridgehead atoms. The molecule has 0 N–H and O–H groups in total. The Morgan fingerprint density at radius 1 is 0.394 bits per heavy atom. The van der Waals surface area contributed by atoms with E-state index in [0.29, 0.717) is 26.1 Å². The molecule has 0 saturated carbocycles. The van der Waals surface area contributed by atoms with E-state index in [1.54, 1.807) is 0 Å². The molecule has 0 fully saturated rings. The van der Waals surface area contributed by atoms with Gasteiger partial charge in [-0.3, -0.25) is 9.59 Å².